The van der Waals surface area contributed by atoms with Crippen LogP contribution in [0.5, 0.6) is 0 Å². The highest BCUT2D eigenvalue weighted by Crippen LogP contribution is 2.72. The number of carbonyl (C=O) groups is 3. The van der Waals surface area contributed by atoms with Crippen LogP contribution in [0.4, 0.5) is 11.4 Å². The van der Waals surface area contributed by atoms with Gasteiger partial charge in [-0.05, 0) is 61.2 Å². The van der Waals surface area contributed by atoms with E-state index in [0.29, 0.717) is 25.8 Å². The normalized spacial score (nSPS) is 27.3. The summed E-state index contributed by atoms with van der Waals surface area (Å²) in [6, 6.07) is 22.0. The van der Waals surface area contributed by atoms with Crippen molar-refractivity contribution in [2.24, 2.45) is 11.8 Å². The minimum Gasteiger partial charge on any atom is -0.394 e. The number of hydrogen-bond donors (Lipinski definition) is 1. The van der Waals surface area contributed by atoms with E-state index in [1.54, 1.807) is 38.6 Å². The predicted molar refractivity (Wildman–Crippen MR) is 182 cm³/mol. The predicted octanol–water partition coefficient (Wildman–Crippen LogP) is 5.83. The third kappa shape index (κ3) is 4.90. The van der Waals surface area contributed by atoms with E-state index in [1.807, 2.05) is 79.7 Å². The molecule has 0 radical (unpaired) electrons. The number of para-hydroxylation sites is 1. The second-order valence-electron chi connectivity index (χ2n) is 12.6. The molecule has 8 heteroatoms. The number of amides is 3. The Morgan fingerprint density at radius 3 is 2.24 bits per heavy atom. The number of hydrogen-bond acceptors (Lipinski definition) is 5. The lowest BCUT2D eigenvalue weighted by Gasteiger charge is -2.39. The molecule has 0 aliphatic carbocycles. The number of carbonyl (C=O) groups excluding carboxylic acids is 3. The Hall–Kier alpha value is -3.88. The SMILES string of the molecule is C=CCN(C(=O)C1N([C@@H](CC)CO)C(=O)[C@@H]2[C@@H](C(=O)N(CC=C)c3ccccc3)[C@@]3(C)CCC12S3)c1ccc2ccccc2c1. The van der Waals surface area contributed by atoms with Crippen LogP contribution in [0.1, 0.15) is 33.1 Å². The molecule has 1 spiro atoms. The van der Waals surface area contributed by atoms with Crippen LogP contribution in [0.25, 0.3) is 10.8 Å². The van der Waals surface area contributed by atoms with Gasteiger partial charge in [-0.2, -0.15) is 0 Å². The van der Waals surface area contributed by atoms with Gasteiger partial charge in [-0.25, -0.2) is 0 Å². The molecule has 0 aromatic heterocycles. The fraction of sp³-hybridized carbons (Fsp3) is 0.378. The van der Waals surface area contributed by atoms with Crippen LogP contribution < -0.4 is 9.80 Å². The summed E-state index contributed by atoms with van der Waals surface area (Å²) >= 11 is 1.64. The first-order valence-corrected chi connectivity index (χ1v) is 16.6. The molecule has 1 N–H and O–H groups in total. The molecular weight excluding hydrogens is 582 g/mol. The van der Waals surface area contributed by atoms with Gasteiger partial charge in [-0.3, -0.25) is 14.4 Å². The quantitative estimate of drug-likeness (QED) is 0.272. The largest absolute Gasteiger partial charge is 0.394 e. The molecule has 6 atom stereocenters. The number of aliphatic hydroxyl groups excluding tert-OH is 1. The number of fused-ring (bicyclic) bond motifs is 2. The molecule has 2 unspecified atom stereocenters. The Kier molecular flexibility index (Phi) is 8.39. The molecule has 234 valence electrons. The minimum absolute atomic E-state index is 0.126. The molecule has 3 aromatic carbocycles. The first-order valence-electron chi connectivity index (χ1n) is 15.8. The van der Waals surface area contributed by atoms with E-state index in [2.05, 4.69) is 20.1 Å². The molecule has 3 fully saturated rings. The Balaban J connectivity index is 1.46. The van der Waals surface area contributed by atoms with Gasteiger partial charge in [0.25, 0.3) is 5.91 Å². The second kappa shape index (κ2) is 12.1. The first kappa shape index (κ1) is 31.1. The van der Waals surface area contributed by atoms with Crippen molar-refractivity contribution in [2.45, 2.75) is 54.7 Å². The van der Waals surface area contributed by atoms with E-state index in [0.717, 1.165) is 22.1 Å². The van der Waals surface area contributed by atoms with E-state index in [9.17, 15) is 14.7 Å². The zero-order chi connectivity index (χ0) is 31.9. The van der Waals surface area contributed by atoms with Gasteiger partial charge >= 0.3 is 0 Å². The highest BCUT2D eigenvalue weighted by molar-refractivity contribution is 8.02. The van der Waals surface area contributed by atoms with Gasteiger partial charge in [0.15, 0.2) is 0 Å². The van der Waals surface area contributed by atoms with Crippen LogP contribution in [0.3, 0.4) is 0 Å². The van der Waals surface area contributed by atoms with Gasteiger partial charge < -0.3 is 19.8 Å². The molecule has 7 nitrogen and oxygen atoms in total. The van der Waals surface area contributed by atoms with E-state index >= 15 is 4.79 Å². The Morgan fingerprint density at radius 2 is 1.60 bits per heavy atom. The van der Waals surface area contributed by atoms with Crippen LogP contribution in [0.2, 0.25) is 0 Å². The maximum atomic E-state index is 15.0. The molecule has 3 saturated heterocycles. The van der Waals surface area contributed by atoms with E-state index in [1.165, 1.54) is 0 Å². The summed E-state index contributed by atoms with van der Waals surface area (Å²) in [5, 5.41) is 12.6. The summed E-state index contributed by atoms with van der Waals surface area (Å²) < 4.78 is -1.33. The van der Waals surface area contributed by atoms with Crippen LogP contribution in [0.15, 0.2) is 98.1 Å². The third-order valence-corrected chi connectivity index (χ3v) is 12.0. The molecule has 3 amide bonds. The Morgan fingerprint density at radius 1 is 0.956 bits per heavy atom. The lowest BCUT2D eigenvalue weighted by molar-refractivity contribution is -0.142. The summed E-state index contributed by atoms with van der Waals surface area (Å²) in [4.78, 5) is 49.4. The van der Waals surface area contributed by atoms with Crippen molar-refractivity contribution in [3.63, 3.8) is 0 Å². The monoisotopic (exact) mass is 623 g/mol. The number of rotatable bonds is 11. The van der Waals surface area contributed by atoms with Crippen LogP contribution in [0, 0.1) is 11.8 Å². The van der Waals surface area contributed by atoms with Gasteiger partial charge in [0.2, 0.25) is 11.8 Å². The number of likely N-dealkylation sites (tertiary alicyclic amines) is 1. The summed E-state index contributed by atoms with van der Waals surface area (Å²) in [6.45, 7) is 12.1. The maximum absolute atomic E-state index is 15.0. The van der Waals surface area contributed by atoms with Crippen molar-refractivity contribution in [2.75, 3.05) is 29.5 Å². The van der Waals surface area contributed by atoms with Crippen molar-refractivity contribution in [1.29, 1.82) is 0 Å². The summed E-state index contributed by atoms with van der Waals surface area (Å²) in [5.41, 5.74) is 1.47. The molecule has 3 aliphatic rings. The zero-order valence-corrected chi connectivity index (χ0v) is 26.8. The summed E-state index contributed by atoms with van der Waals surface area (Å²) in [6.07, 6.45) is 5.23. The number of thioether (sulfide) groups is 1. The highest BCUT2D eigenvalue weighted by Gasteiger charge is 2.78. The first-order chi connectivity index (χ1) is 21.7. The van der Waals surface area contributed by atoms with Gasteiger partial charge in [0.05, 0.1) is 29.2 Å². The number of nitrogens with zero attached hydrogens (tertiary/aromatic N) is 3. The fourth-order valence-corrected chi connectivity index (χ4v) is 10.3. The third-order valence-electron chi connectivity index (χ3n) is 10.1. The van der Waals surface area contributed by atoms with Gasteiger partial charge in [0, 0.05) is 29.2 Å². The van der Waals surface area contributed by atoms with Crippen LogP contribution in [-0.2, 0) is 14.4 Å². The van der Waals surface area contributed by atoms with Crippen molar-refractivity contribution in [3.8, 4) is 0 Å². The maximum Gasteiger partial charge on any atom is 0.251 e. The molecule has 6 rings (SSSR count). The molecule has 2 bridgehead atoms. The van der Waals surface area contributed by atoms with Crippen molar-refractivity contribution < 1.29 is 19.5 Å². The number of anilines is 2. The molecule has 3 aliphatic heterocycles. The van der Waals surface area contributed by atoms with E-state index in [4.69, 9.17) is 0 Å². The Bertz CT molecular complexity index is 1640. The van der Waals surface area contributed by atoms with E-state index in [-0.39, 0.29) is 30.9 Å². The summed E-state index contributed by atoms with van der Waals surface area (Å²) in [5.74, 6) is -1.87. The molecular formula is C37H41N3O4S. The van der Waals surface area contributed by atoms with Crippen LogP contribution in [-0.4, -0.2) is 69.0 Å². The highest BCUT2D eigenvalue weighted by atomic mass is 32.2. The lowest BCUT2D eigenvalue weighted by atomic mass is 9.66. The smallest absolute Gasteiger partial charge is 0.251 e. The topological polar surface area (TPSA) is 81.2 Å². The Labute approximate surface area is 269 Å². The fourth-order valence-electron chi connectivity index (χ4n) is 8.00. The average Bonchev–Trinajstić information content (AvgIpc) is 3.63. The van der Waals surface area contributed by atoms with Gasteiger partial charge in [-0.1, -0.05) is 67.6 Å². The molecule has 3 heterocycles. The van der Waals surface area contributed by atoms with Gasteiger partial charge in [0.1, 0.15) is 6.04 Å². The minimum atomic E-state index is -0.840. The standard InChI is InChI=1S/C37H41N3O4S/c1-5-21-38(28-15-9-8-10-16-28)33(42)30-31-34(43)40(27(7-3)24-41)32(37(31)20-19-36(30,4)45-37)35(44)39(22-6-2)29-18-17-25-13-11-12-14-26(25)23-29/h5-6,8-18,23,27,30-32,41H,1-2,7,19-22,24H2,3-4H3/t27-,30-,31-,32?,36+,37?/m0/s1. The molecule has 45 heavy (non-hydrogen) atoms. The molecule has 0 saturated carbocycles. The van der Waals surface area contributed by atoms with Crippen molar-refractivity contribution in [1.82, 2.24) is 4.90 Å². The van der Waals surface area contributed by atoms with Crippen LogP contribution >= 0.6 is 11.8 Å². The zero-order valence-electron chi connectivity index (χ0n) is 26.0. The van der Waals surface area contributed by atoms with E-state index < -0.39 is 33.4 Å². The van der Waals surface area contributed by atoms with Crippen molar-refractivity contribution >= 4 is 51.6 Å². The molecule has 3 aromatic rings. The average molecular weight is 624 g/mol. The second-order valence-corrected chi connectivity index (χ2v) is 14.5. The number of aliphatic hydroxyl groups is 1. The lowest BCUT2D eigenvalue weighted by Crippen LogP contribution is -2.57. The van der Waals surface area contributed by atoms with Gasteiger partial charge in [-0.15, -0.1) is 24.9 Å². The summed E-state index contributed by atoms with van der Waals surface area (Å²) in [7, 11) is 0. The number of benzene rings is 3. The van der Waals surface area contributed by atoms with Crippen molar-refractivity contribution in [3.05, 3.63) is 98.1 Å².